The first-order chi connectivity index (χ1) is 12.4. The first-order valence-corrected chi connectivity index (χ1v) is 9.25. The second kappa shape index (κ2) is 7.07. The maximum atomic E-state index is 12.4. The molecule has 26 heavy (non-hydrogen) atoms. The molecule has 1 aliphatic rings. The summed E-state index contributed by atoms with van der Waals surface area (Å²) in [6, 6.07) is 7.37. The van der Waals surface area contributed by atoms with E-state index in [-0.39, 0.29) is 29.8 Å². The van der Waals surface area contributed by atoms with Crippen LogP contribution in [0.2, 0.25) is 0 Å². The van der Waals surface area contributed by atoms with Gasteiger partial charge in [0.05, 0.1) is 35.3 Å². The lowest BCUT2D eigenvalue weighted by Crippen LogP contribution is -2.42. The highest BCUT2D eigenvalue weighted by atomic mass is 32.2. The number of anilines is 1. The first kappa shape index (κ1) is 17.8. The van der Waals surface area contributed by atoms with E-state index in [4.69, 9.17) is 11.0 Å². The second-order valence-corrected chi connectivity index (χ2v) is 7.49. The van der Waals surface area contributed by atoms with Crippen molar-refractivity contribution in [3.05, 3.63) is 47.3 Å². The molecule has 134 valence electrons. The summed E-state index contributed by atoms with van der Waals surface area (Å²) in [6.45, 7) is 0.357. The maximum absolute atomic E-state index is 12.4. The fraction of sp³-hybridized carbons (Fsp3) is 0.250. The largest absolute Gasteiger partial charge is 0.368 e. The van der Waals surface area contributed by atoms with Crippen LogP contribution >= 0.6 is 0 Å². The van der Waals surface area contributed by atoms with Crippen LogP contribution < -0.4 is 10.5 Å². The summed E-state index contributed by atoms with van der Waals surface area (Å²) >= 11 is 0. The van der Waals surface area contributed by atoms with Crippen LogP contribution in [0.4, 0.5) is 5.95 Å². The summed E-state index contributed by atoms with van der Waals surface area (Å²) in [7, 11) is -3.84. The third-order valence-corrected chi connectivity index (χ3v) is 5.44. The first-order valence-electron chi connectivity index (χ1n) is 7.77. The molecule has 0 spiro atoms. The molecular weight excluding hydrogens is 356 g/mol. The van der Waals surface area contributed by atoms with Crippen molar-refractivity contribution in [2.75, 3.05) is 18.8 Å². The van der Waals surface area contributed by atoms with Gasteiger partial charge >= 0.3 is 0 Å². The van der Waals surface area contributed by atoms with Crippen molar-refractivity contribution in [2.24, 2.45) is 0 Å². The number of fused-ring (bicyclic) bond motifs is 1. The molecule has 2 aromatic rings. The highest BCUT2D eigenvalue weighted by Crippen LogP contribution is 2.17. The summed E-state index contributed by atoms with van der Waals surface area (Å²) in [4.78, 5) is 21.9. The van der Waals surface area contributed by atoms with E-state index in [2.05, 4.69) is 14.7 Å². The van der Waals surface area contributed by atoms with Gasteiger partial charge < -0.3 is 10.6 Å². The highest BCUT2D eigenvalue weighted by molar-refractivity contribution is 7.89. The van der Waals surface area contributed by atoms with Crippen LogP contribution in [0, 0.1) is 11.3 Å². The number of benzene rings is 1. The van der Waals surface area contributed by atoms with Crippen LogP contribution in [-0.2, 0) is 27.8 Å². The van der Waals surface area contributed by atoms with E-state index in [1.54, 1.807) is 6.20 Å². The summed E-state index contributed by atoms with van der Waals surface area (Å²) in [6.07, 6.45) is 2.23. The Morgan fingerprint density at radius 2 is 2.08 bits per heavy atom. The van der Waals surface area contributed by atoms with Gasteiger partial charge in [0.2, 0.25) is 21.9 Å². The number of hydrogen-bond donors (Lipinski definition) is 2. The molecular formula is C16H16N6O3S. The van der Waals surface area contributed by atoms with Crippen molar-refractivity contribution in [1.29, 1.82) is 5.26 Å². The molecule has 0 unspecified atom stereocenters. The van der Waals surface area contributed by atoms with Gasteiger partial charge in [-0.15, -0.1) is 0 Å². The van der Waals surface area contributed by atoms with Gasteiger partial charge in [-0.3, -0.25) is 4.79 Å². The Morgan fingerprint density at radius 1 is 1.35 bits per heavy atom. The zero-order chi connectivity index (χ0) is 18.7. The van der Waals surface area contributed by atoms with Gasteiger partial charge in [0.15, 0.2) is 0 Å². The number of hydrogen-bond acceptors (Lipinski definition) is 7. The molecule has 10 heteroatoms. The zero-order valence-corrected chi connectivity index (χ0v) is 14.5. The van der Waals surface area contributed by atoms with Gasteiger partial charge in [-0.1, -0.05) is 0 Å². The van der Waals surface area contributed by atoms with E-state index in [1.807, 2.05) is 6.07 Å². The summed E-state index contributed by atoms with van der Waals surface area (Å²) in [5, 5.41) is 8.76. The molecule has 0 bridgehead atoms. The Hall–Kier alpha value is -3.03. The van der Waals surface area contributed by atoms with Gasteiger partial charge in [0.1, 0.15) is 0 Å². The van der Waals surface area contributed by atoms with Crippen molar-refractivity contribution >= 4 is 21.9 Å². The third kappa shape index (κ3) is 3.79. The topological polar surface area (TPSA) is 142 Å². The van der Waals surface area contributed by atoms with Crippen LogP contribution in [0.25, 0.3) is 0 Å². The molecule has 0 aliphatic carbocycles. The number of sulfonamides is 1. The van der Waals surface area contributed by atoms with E-state index < -0.39 is 10.0 Å². The Bertz CT molecular complexity index is 982. The number of amides is 1. The molecule has 0 atom stereocenters. The molecule has 3 rings (SSSR count). The Labute approximate surface area is 150 Å². The lowest BCUT2D eigenvalue weighted by molar-refractivity contribution is -0.130. The molecule has 2 heterocycles. The van der Waals surface area contributed by atoms with Gasteiger partial charge in [-0.05, 0) is 36.2 Å². The Balaban J connectivity index is 1.64. The van der Waals surface area contributed by atoms with Gasteiger partial charge in [0.25, 0.3) is 0 Å². The third-order valence-electron chi connectivity index (χ3n) is 4.02. The molecule has 1 amide bonds. The zero-order valence-electron chi connectivity index (χ0n) is 13.7. The second-order valence-electron chi connectivity index (χ2n) is 5.73. The predicted molar refractivity (Wildman–Crippen MR) is 91.9 cm³/mol. The molecule has 1 aromatic carbocycles. The monoisotopic (exact) mass is 372 g/mol. The number of nitrogens with two attached hydrogens (primary N) is 1. The van der Waals surface area contributed by atoms with Crippen LogP contribution in [-0.4, -0.2) is 42.3 Å². The molecule has 3 N–H and O–H groups in total. The molecule has 0 saturated heterocycles. The number of carbonyl (C=O) groups excluding carboxylic acids is 1. The number of nitrogen functional groups attached to an aromatic ring is 1. The average molecular weight is 372 g/mol. The summed E-state index contributed by atoms with van der Waals surface area (Å²) in [5.74, 6) is -0.218. The summed E-state index contributed by atoms with van der Waals surface area (Å²) < 4.78 is 26.8. The van der Waals surface area contributed by atoms with Gasteiger partial charge in [0, 0.05) is 12.7 Å². The molecule has 0 saturated carbocycles. The van der Waals surface area contributed by atoms with Crippen LogP contribution in [0.1, 0.15) is 16.8 Å². The SMILES string of the molecule is N#Cc1ccc(S(=O)(=O)NCC(=O)N2CCc3cnc(N)nc3C2)cc1. The Morgan fingerprint density at radius 3 is 2.77 bits per heavy atom. The number of rotatable bonds is 4. The average Bonchev–Trinajstić information content (AvgIpc) is 2.65. The normalized spacial score (nSPS) is 13.7. The standard InChI is InChI=1S/C16H16N6O3S/c17-7-11-1-3-13(4-2-11)26(24,25)20-9-15(23)22-6-5-12-8-19-16(18)21-14(12)10-22/h1-4,8,20H,5-6,9-10H2,(H2,18,19,21). The molecule has 0 fully saturated rings. The lowest BCUT2D eigenvalue weighted by atomic mass is 10.1. The van der Waals surface area contributed by atoms with Crippen molar-refractivity contribution in [1.82, 2.24) is 19.6 Å². The molecule has 1 aliphatic heterocycles. The van der Waals surface area contributed by atoms with E-state index >= 15 is 0 Å². The number of aromatic nitrogens is 2. The number of nitrogens with zero attached hydrogens (tertiary/aromatic N) is 4. The molecule has 0 radical (unpaired) electrons. The van der Waals surface area contributed by atoms with Crippen molar-refractivity contribution < 1.29 is 13.2 Å². The fourth-order valence-corrected chi connectivity index (χ4v) is 3.57. The van der Waals surface area contributed by atoms with Crippen LogP contribution in [0.15, 0.2) is 35.4 Å². The minimum atomic E-state index is -3.84. The van der Waals surface area contributed by atoms with Crippen LogP contribution in [0.5, 0.6) is 0 Å². The number of carbonyl (C=O) groups is 1. The number of nitrogens with one attached hydrogen (secondary N) is 1. The Kier molecular flexibility index (Phi) is 4.83. The molecule has 1 aromatic heterocycles. The van der Waals surface area contributed by atoms with E-state index in [0.717, 1.165) is 5.56 Å². The van der Waals surface area contributed by atoms with Crippen molar-refractivity contribution in [3.63, 3.8) is 0 Å². The van der Waals surface area contributed by atoms with E-state index in [1.165, 1.54) is 29.2 Å². The minimum absolute atomic E-state index is 0.00574. The van der Waals surface area contributed by atoms with Gasteiger partial charge in [-0.2, -0.15) is 5.26 Å². The number of nitriles is 1. The van der Waals surface area contributed by atoms with Crippen LogP contribution in [0.3, 0.4) is 0 Å². The van der Waals surface area contributed by atoms with E-state index in [9.17, 15) is 13.2 Å². The minimum Gasteiger partial charge on any atom is -0.368 e. The fourth-order valence-electron chi connectivity index (χ4n) is 2.59. The predicted octanol–water partition coefficient (Wildman–Crippen LogP) is -0.206. The lowest BCUT2D eigenvalue weighted by Gasteiger charge is -2.28. The van der Waals surface area contributed by atoms with E-state index in [0.29, 0.717) is 24.2 Å². The van der Waals surface area contributed by atoms with Gasteiger partial charge in [-0.25, -0.2) is 23.1 Å². The highest BCUT2D eigenvalue weighted by Gasteiger charge is 2.24. The van der Waals surface area contributed by atoms with Crippen molar-refractivity contribution in [3.8, 4) is 6.07 Å². The molecule has 9 nitrogen and oxygen atoms in total. The van der Waals surface area contributed by atoms with Crippen molar-refractivity contribution in [2.45, 2.75) is 17.9 Å². The maximum Gasteiger partial charge on any atom is 0.241 e. The smallest absolute Gasteiger partial charge is 0.241 e. The quantitative estimate of drug-likeness (QED) is 0.756. The summed E-state index contributed by atoms with van der Waals surface area (Å²) in [5.41, 5.74) is 7.53.